The summed E-state index contributed by atoms with van der Waals surface area (Å²) in [5, 5.41) is 8.36. The molecule has 1 aliphatic rings. The third-order valence-corrected chi connectivity index (χ3v) is 2.06. The molecule has 1 saturated heterocycles. The number of hydrogen-bond donors (Lipinski definition) is 1. The Morgan fingerprint density at radius 1 is 1.73 bits per heavy atom. The second kappa shape index (κ2) is 3.05. The number of aliphatic carboxylic acids is 1. The van der Waals surface area contributed by atoms with Gasteiger partial charge in [0.1, 0.15) is 0 Å². The standard InChI is InChI=1S/C8H12O3/c1-2-8(5-11-6-8)4-3-7(9)10/h3-4H,2,5-6H2,1H3,(H,9,10)/b4-3+. The van der Waals surface area contributed by atoms with E-state index in [0.29, 0.717) is 13.2 Å². The molecule has 62 valence electrons. The lowest BCUT2D eigenvalue weighted by Crippen LogP contribution is -2.40. The highest BCUT2D eigenvalue weighted by Gasteiger charge is 2.33. The van der Waals surface area contributed by atoms with Gasteiger partial charge in [-0.05, 0) is 6.42 Å². The second-order valence-electron chi connectivity index (χ2n) is 2.88. The highest BCUT2D eigenvalue weighted by Crippen LogP contribution is 2.32. The number of carbonyl (C=O) groups is 1. The molecule has 1 rings (SSSR count). The lowest BCUT2D eigenvalue weighted by molar-refractivity contribution is -0.131. The Morgan fingerprint density at radius 2 is 2.36 bits per heavy atom. The fourth-order valence-electron chi connectivity index (χ4n) is 1.03. The number of carboxylic acid groups (broad SMARTS) is 1. The van der Waals surface area contributed by atoms with Crippen molar-refractivity contribution < 1.29 is 14.6 Å². The van der Waals surface area contributed by atoms with Gasteiger partial charge in [-0.1, -0.05) is 13.0 Å². The summed E-state index contributed by atoms with van der Waals surface area (Å²) in [7, 11) is 0. The van der Waals surface area contributed by atoms with Crippen LogP contribution in [-0.4, -0.2) is 24.3 Å². The van der Waals surface area contributed by atoms with E-state index >= 15 is 0 Å². The molecule has 0 bridgehead atoms. The summed E-state index contributed by atoms with van der Waals surface area (Å²) >= 11 is 0. The highest BCUT2D eigenvalue weighted by molar-refractivity contribution is 5.79. The first-order valence-corrected chi connectivity index (χ1v) is 3.68. The van der Waals surface area contributed by atoms with Crippen LogP contribution in [0.1, 0.15) is 13.3 Å². The molecule has 1 N–H and O–H groups in total. The van der Waals surface area contributed by atoms with Crippen LogP contribution < -0.4 is 0 Å². The Morgan fingerprint density at radius 3 is 2.64 bits per heavy atom. The van der Waals surface area contributed by atoms with Crippen molar-refractivity contribution in [2.24, 2.45) is 5.41 Å². The Hall–Kier alpha value is -0.830. The zero-order valence-electron chi connectivity index (χ0n) is 6.54. The van der Waals surface area contributed by atoms with Gasteiger partial charge in [-0.2, -0.15) is 0 Å². The molecule has 11 heavy (non-hydrogen) atoms. The van der Waals surface area contributed by atoms with Gasteiger partial charge in [0.15, 0.2) is 0 Å². The summed E-state index contributed by atoms with van der Waals surface area (Å²) in [5.41, 5.74) is 0.0123. The van der Waals surface area contributed by atoms with Crippen LogP contribution in [0.3, 0.4) is 0 Å². The molecule has 0 radical (unpaired) electrons. The van der Waals surface area contributed by atoms with E-state index in [-0.39, 0.29) is 5.41 Å². The van der Waals surface area contributed by atoms with Gasteiger partial charge in [-0.15, -0.1) is 0 Å². The molecule has 0 amide bonds. The van der Waals surface area contributed by atoms with Crippen molar-refractivity contribution in [2.75, 3.05) is 13.2 Å². The highest BCUT2D eigenvalue weighted by atomic mass is 16.5. The third-order valence-electron chi connectivity index (χ3n) is 2.06. The van der Waals surface area contributed by atoms with Crippen LogP contribution in [0, 0.1) is 5.41 Å². The van der Waals surface area contributed by atoms with Gasteiger partial charge in [-0.3, -0.25) is 0 Å². The molecule has 0 aromatic carbocycles. The maximum absolute atomic E-state index is 10.2. The Kier molecular flexibility index (Phi) is 2.29. The van der Waals surface area contributed by atoms with Crippen molar-refractivity contribution >= 4 is 5.97 Å². The van der Waals surface area contributed by atoms with E-state index in [1.54, 1.807) is 6.08 Å². The zero-order chi connectivity index (χ0) is 8.32. The maximum atomic E-state index is 10.2. The molecule has 3 nitrogen and oxygen atoms in total. The predicted octanol–water partition coefficient (Wildman–Crippen LogP) is 1.05. The molecule has 0 spiro atoms. The lowest BCUT2D eigenvalue weighted by atomic mass is 9.83. The van der Waals surface area contributed by atoms with E-state index in [0.717, 1.165) is 6.42 Å². The van der Waals surface area contributed by atoms with Crippen LogP contribution in [0.5, 0.6) is 0 Å². The fraction of sp³-hybridized carbons (Fsp3) is 0.625. The van der Waals surface area contributed by atoms with Gasteiger partial charge in [0, 0.05) is 11.5 Å². The van der Waals surface area contributed by atoms with Crippen molar-refractivity contribution in [3.63, 3.8) is 0 Å². The molecule has 3 heteroatoms. The van der Waals surface area contributed by atoms with Gasteiger partial charge < -0.3 is 9.84 Å². The second-order valence-corrected chi connectivity index (χ2v) is 2.88. The van der Waals surface area contributed by atoms with E-state index in [4.69, 9.17) is 9.84 Å². The zero-order valence-corrected chi connectivity index (χ0v) is 6.54. The monoisotopic (exact) mass is 156 g/mol. The SMILES string of the molecule is CCC1(/C=C/C(=O)O)COC1. The van der Waals surface area contributed by atoms with E-state index in [1.807, 2.05) is 6.92 Å². The van der Waals surface area contributed by atoms with Crippen LogP contribution in [0.4, 0.5) is 0 Å². The van der Waals surface area contributed by atoms with Crippen molar-refractivity contribution in [3.8, 4) is 0 Å². The first kappa shape index (κ1) is 8.27. The Labute approximate surface area is 65.7 Å². The van der Waals surface area contributed by atoms with Crippen molar-refractivity contribution in [1.29, 1.82) is 0 Å². The molecule has 0 unspecified atom stereocenters. The number of rotatable bonds is 3. The van der Waals surface area contributed by atoms with Crippen LogP contribution >= 0.6 is 0 Å². The van der Waals surface area contributed by atoms with Gasteiger partial charge in [0.25, 0.3) is 0 Å². The minimum Gasteiger partial charge on any atom is -0.478 e. The number of ether oxygens (including phenoxy) is 1. The third kappa shape index (κ3) is 1.80. The molecule has 0 aliphatic carbocycles. The average Bonchev–Trinajstić information content (AvgIpc) is 1.86. The molecule has 1 fully saturated rings. The first-order valence-electron chi connectivity index (χ1n) is 3.68. The molecule has 0 atom stereocenters. The first-order chi connectivity index (χ1) is 5.18. The normalized spacial score (nSPS) is 21.5. The molecular weight excluding hydrogens is 144 g/mol. The van der Waals surface area contributed by atoms with Crippen molar-refractivity contribution in [2.45, 2.75) is 13.3 Å². The van der Waals surface area contributed by atoms with Crippen LogP contribution in [-0.2, 0) is 9.53 Å². The fourth-order valence-corrected chi connectivity index (χ4v) is 1.03. The molecule has 0 aromatic rings. The minimum absolute atomic E-state index is 0.0123. The molecule has 0 aromatic heterocycles. The van der Waals surface area contributed by atoms with E-state index in [2.05, 4.69) is 0 Å². The van der Waals surface area contributed by atoms with Crippen LogP contribution in [0.15, 0.2) is 12.2 Å². The lowest BCUT2D eigenvalue weighted by Gasteiger charge is -2.37. The molecular formula is C8H12O3. The summed E-state index contributed by atoms with van der Waals surface area (Å²) in [6.45, 7) is 3.36. The van der Waals surface area contributed by atoms with Crippen molar-refractivity contribution in [1.82, 2.24) is 0 Å². The predicted molar refractivity (Wildman–Crippen MR) is 40.3 cm³/mol. The van der Waals surface area contributed by atoms with Crippen LogP contribution in [0.2, 0.25) is 0 Å². The summed E-state index contributed by atoms with van der Waals surface area (Å²) in [5.74, 6) is -0.885. The number of hydrogen-bond acceptors (Lipinski definition) is 2. The topological polar surface area (TPSA) is 46.5 Å². The summed E-state index contributed by atoms with van der Waals surface area (Å²) in [6.07, 6.45) is 3.88. The van der Waals surface area contributed by atoms with Gasteiger partial charge in [0.2, 0.25) is 0 Å². The van der Waals surface area contributed by atoms with E-state index < -0.39 is 5.97 Å². The van der Waals surface area contributed by atoms with E-state index in [1.165, 1.54) is 6.08 Å². The summed E-state index contributed by atoms with van der Waals surface area (Å²) in [6, 6.07) is 0. The number of carboxylic acids is 1. The quantitative estimate of drug-likeness (QED) is 0.621. The van der Waals surface area contributed by atoms with Crippen LogP contribution in [0.25, 0.3) is 0 Å². The van der Waals surface area contributed by atoms with Gasteiger partial charge >= 0.3 is 5.97 Å². The van der Waals surface area contributed by atoms with Crippen molar-refractivity contribution in [3.05, 3.63) is 12.2 Å². The Balaban J connectivity index is 2.50. The molecule has 1 heterocycles. The maximum Gasteiger partial charge on any atom is 0.327 e. The summed E-state index contributed by atoms with van der Waals surface area (Å²) in [4.78, 5) is 10.2. The van der Waals surface area contributed by atoms with Gasteiger partial charge in [-0.25, -0.2) is 4.79 Å². The smallest absolute Gasteiger partial charge is 0.327 e. The average molecular weight is 156 g/mol. The largest absolute Gasteiger partial charge is 0.478 e. The molecule has 1 aliphatic heterocycles. The van der Waals surface area contributed by atoms with E-state index in [9.17, 15) is 4.79 Å². The molecule has 0 saturated carbocycles. The van der Waals surface area contributed by atoms with Gasteiger partial charge in [0.05, 0.1) is 13.2 Å². The Bertz CT molecular complexity index is 174. The minimum atomic E-state index is -0.885. The summed E-state index contributed by atoms with van der Waals surface area (Å²) < 4.78 is 5.02.